The predicted octanol–water partition coefficient (Wildman–Crippen LogP) is 6.11. The quantitative estimate of drug-likeness (QED) is 0.366. The van der Waals surface area contributed by atoms with Crippen molar-refractivity contribution in [2.75, 3.05) is 18.0 Å². The fourth-order valence-electron chi connectivity index (χ4n) is 8.64. The summed E-state index contributed by atoms with van der Waals surface area (Å²) < 4.78 is 31.6. The number of nitrogens with one attached hydrogen (secondary N) is 1. The molecule has 6 fully saturated rings. The molecule has 1 aliphatic heterocycles. The number of amides is 1. The maximum Gasteiger partial charge on any atom is 0.345 e. The van der Waals surface area contributed by atoms with E-state index < -0.39 is 18.2 Å². The Hall–Kier alpha value is -1.94. The number of carbonyl (C=O) groups excluding carboxylic acids is 1. The summed E-state index contributed by atoms with van der Waals surface area (Å²) in [6, 6.07) is 3.77. The van der Waals surface area contributed by atoms with Gasteiger partial charge in [-0.1, -0.05) is 19.3 Å². The van der Waals surface area contributed by atoms with Crippen LogP contribution in [-0.4, -0.2) is 58.6 Å². The van der Waals surface area contributed by atoms with Crippen molar-refractivity contribution in [2.45, 2.75) is 112 Å². The van der Waals surface area contributed by atoms with Crippen molar-refractivity contribution < 1.29 is 28.2 Å². The molecule has 1 amide bonds. The van der Waals surface area contributed by atoms with E-state index in [4.69, 9.17) is 9.72 Å². The van der Waals surface area contributed by atoms with Crippen LogP contribution in [0.5, 0.6) is 0 Å². The van der Waals surface area contributed by atoms with Crippen LogP contribution >= 0.6 is 11.8 Å². The van der Waals surface area contributed by atoms with Crippen LogP contribution < -0.4 is 10.2 Å². The molecule has 2 N–H and O–H groups in total. The summed E-state index contributed by atoms with van der Waals surface area (Å²) in [5.41, 5.74) is -0.143. The number of thioether (sulfide) groups is 1. The second-order valence-electron chi connectivity index (χ2n) is 13.0. The zero-order chi connectivity index (χ0) is 27.9. The lowest BCUT2D eigenvalue weighted by Crippen LogP contribution is -2.62. The number of ether oxygens (including phenoxy) is 1. The Balaban J connectivity index is 1.20. The Morgan fingerprint density at radius 2 is 1.85 bits per heavy atom. The number of carboxylic acids is 1. The first kappa shape index (κ1) is 28.2. The summed E-state index contributed by atoms with van der Waals surface area (Å²) in [6.45, 7) is -1.27. The zero-order valence-electron chi connectivity index (χ0n) is 23.0. The zero-order valence-corrected chi connectivity index (χ0v) is 23.8. The molecule has 0 aromatic carbocycles. The number of alkyl halides is 2. The molecule has 220 valence electrons. The maximum atomic E-state index is 13.8. The van der Waals surface area contributed by atoms with Gasteiger partial charge >= 0.3 is 12.6 Å². The third-order valence-electron chi connectivity index (χ3n) is 10.1. The molecule has 7 rings (SSSR count). The standard InChI is InChI=1S/C30H41F2N3O4S/c31-29(32)39-30-14-19-11-20(15-30)26(21(12-19)16-30)34-27(38)23-8-9-24(33-28(23)40-22-6-2-1-3-7-22)35-10-4-5-18(17-35)13-25(36)37/h8-9,18-22,26,29H,1-7,10-17H2,(H,34,38)(H,36,37)/t18-,19?,20?,21?,26-,30-/m0/s1. The van der Waals surface area contributed by atoms with Gasteiger partial charge in [-0.25, -0.2) is 4.98 Å². The molecule has 3 atom stereocenters. The van der Waals surface area contributed by atoms with Gasteiger partial charge in [0.2, 0.25) is 0 Å². The van der Waals surface area contributed by atoms with Crippen molar-refractivity contribution >= 4 is 29.5 Å². The molecule has 40 heavy (non-hydrogen) atoms. The van der Waals surface area contributed by atoms with Gasteiger partial charge in [0.15, 0.2) is 0 Å². The number of pyridine rings is 1. The number of aromatic nitrogens is 1. The van der Waals surface area contributed by atoms with Crippen LogP contribution in [0.4, 0.5) is 14.6 Å². The summed E-state index contributed by atoms with van der Waals surface area (Å²) in [5.74, 6) is 0.742. The number of hydrogen-bond donors (Lipinski definition) is 2. The number of carbonyl (C=O) groups is 2. The van der Waals surface area contributed by atoms with E-state index in [1.165, 1.54) is 19.3 Å². The van der Waals surface area contributed by atoms with Crippen molar-refractivity contribution in [2.24, 2.45) is 23.7 Å². The van der Waals surface area contributed by atoms with Crippen molar-refractivity contribution in [3.8, 4) is 0 Å². The smallest absolute Gasteiger partial charge is 0.345 e. The van der Waals surface area contributed by atoms with Gasteiger partial charge in [-0.3, -0.25) is 9.59 Å². The lowest BCUT2D eigenvalue weighted by molar-refractivity contribution is -0.260. The molecule has 2 heterocycles. The molecule has 5 saturated carbocycles. The summed E-state index contributed by atoms with van der Waals surface area (Å²) in [4.78, 5) is 32.3. The van der Waals surface area contributed by atoms with E-state index >= 15 is 0 Å². The first-order chi connectivity index (χ1) is 19.3. The minimum absolute atomic E-state index is 0.0236. The minimum atomic E-state index is -2.76. The molecule has 10 heteroatoms. The predicted molar refractivity (Wildman–Crippen MR) is 149 cm³/mol. The number of anilines is 1. The second kappa shape index (κ2) is 11.7. The molecule has 1 aromatic heterocycles. The van der Waals surface area contributed by atoms with Gasteiger partial charge in [-0.15, -0.1) is 11.8 Å². The third kappa shape index (κ3) is 6.13. The van der Waals surface area contributed by atoms with Gasteiger partial charge in [-0.05, 0) is 93.6 Å². The van der Waals surface area contributed by atoms with Crippen LogP contribution in [0, 0.1) is 23.7 Å². The van der Waals surface area contributed by atoms with Crippen LogP contribution in [0.1, 0.15) is 93.8 Å². The van der Waals surface area contributed by atoms with Gasteiger partial charge in [0.25, 0.3) is 5.91 Å². The topological polar surface area (TPSA) is 91.8 Å². The van der Waals surface area contributed by atoms with E-state index in [1.807, 2.05) is 12.1 Å². The third-order valence-corrected chi connectivity index (χ3v) is 11.4. The molecule has 6 aliphatic rings. The largest absolute Gasteiger partial charge is 0.481 e. The molecule has 2 unspecified atom stereocenters. The molecule has 1 aromatic rings. The Kier molecular flexibility index (Phi) is 8.28. The Labute approximate surface area is 239 Å². The number of piperidine rings is 1. The van der Waals surface area contributed by atoms with E-state index in [9.17, 15) is 23.5 Å². The average Bonchev–Trinajstić information content (AvgIpc) is 2.90. The fourth-order valence-corrected chi connectivity index (χ4v) is 9.96. The van der Waals surface area contributed by atoms with Crippen LogP contribution in [0.25, 0.3) is 0 Å². The van der Waals surface area contributed by atoms with Gasteiger partial charge in [-0.2, -0.15) is 8.78 Å². The number of hydrogen-bond acceptors (Lipinski definition) is 6. The van der Waals surface area contributed by atoms with Crippen LogP contribution in [0.3, 0.4) is 0 Å². The number of nitrogens with zero attached hydrogens (tertiary/aromatic N) is 2. The van der Waals surface area contributed by atoms with Crippen molar-refractivity contribution in [1.29, 1.82) is 0 Å². The summed E-state index contributed by atoms with van der Waals surface area (Å²) in [7, 11) is 0. The number of carboxylic acid groups (broad SMARTS) is 1. The first-order valence-electron chi connectivity index (χ1n) is 15.2. The number of halogens is 2. The highest BCUT2D eigenvalue weighted by molar-refractivity contribution is 7.99. The lowest BCUT2D eigenvalue weighted by Gasteiger charge is -2.59. The van der Waals surface area contributed by atoms with Crippen molar-refractivity contribution in [3.63, 3.8) is 0 Å². The molecular formula is C30H41F2N3O4S. The molecule has 7 nitrogen and oxygen atoms in total. The Bertz CT molecular complexity index is 1080. The van der Waals surface area contributed by atoms with E-state index in [2.05, 4.69) is 10.2 Å². The van der Waals surface area contributed by atoms with Gasteiger partial charge < -0.3 is 20.1 Å². The molecule has 0 radical (unpaired) electrons. The summed E-state index contributed by atoms with van der Waals surface area (Å²) in [5, 5.41) is 13.8. The average molecular weight is 578 g/mol. The van der Waals surface area contributed by atoms with E-state index in [0.717, 1.165) is 55.9 Å². The second-order valence-corrected chi connectivity index (χ2v) is 14.3. The highest BCUT2D eigenvalue weighted by atomic mass is 32.2. The molecule has 0 spiro atoms. The van der Waals surface area contributed by atoms with Gasteiger partial charge in [0, 0.05) is 30.8 Å². The van der Waals surface area contributed by atoms with Gasteiger partial charge in [0.1, 0.15) is 10.8 Å². The Morgan fingerprint density at radius 1 is 1.10 bits per heavy atom. The van der Waals surface area contributed by atoms with Gasteiger partial charge in [0.05, 0.1) is 11.2 Å². The van der Waals surface area contributed by atoms with Crippen LogP contribution in [-0.2, 0) is 9.53 Å². The monoisotopic (exact) mass is 577 g/mol. The molecule has 4 bridgehead atoms. The normalized spacial score (nSPS) is 33.9. The van der Waals surface area contributed by atoms with Crippen molar-refractivity contribution in [1.82, 2.24) is 10.3 Å². The van der Waals surface area contributed by atoms with E-state index in [0.29, 0.717) is 42.5 Å². The van der Waals surface area contributed by atoms with Crippen molar-refractivity contribution in [3.05, 3.63) is 17.7 Å². The highest BCUT2D eigenvalue weighted by Gasteiger charge is 2.57. The van der Waals surface area contributed by atoms with E-state index in [-0.39, 0.29) is 36.1 Å². The Morgan fingerprint density at radius 3 is 2.55 bits per heavy atom. The van der Waals surface area contributed by atoms with Crippen LogP contribution in [0.15, 0.2) is 17.2 Å². The molecule has 1 saturated heterocycles. The first-order valence-corrected chi connectivity index (χ1v) is 16.1. The minimum Gasteiger partial charge on any atom is -0.481 e. The fraction of sp³-hybridized carbons (Fsp3) is 0.767. The van der Waals surface area contributed by atoms with E-state index in [1.54, 1.807) is 11.8 Å². The SMILES string of the molecule is O=C(O)C[C@@H]1CCCN(c2ccc(C(=O)N[C@H]3C4CC5CC3C[C@](OC(F)F)(C5)C4)c(SC3CCCCC3)n2)C1. The number of rotatable bonds is 9. The maximum absolute atomic E-state index is 13.8. The molecular weight excluding hydrogens is 536 g/mol. The number of aliphatic carboxylic acids is 1. The molecule has 5 aliphatic carbocycles. The summed E-state index contributed by atoms with van der Waals surface area (Å²) in [6.07, 6.45) is 11.7. The lowest BCUT2D eigenvalue weighted by atomic mass is 9.52. The van der Waals surface area contributed by atoms with Crippen LogP contribution in [0.2, 0.25) is 0 Å². The summed E-state index contributed by atoms with van der Waals surface area (Å²) >= 11 is 1.71. The highest BCUT2D eigenvalue weighted by Crippen LogP contribution is 2.57.